The predicted octanol–water partition coefficient (Wildman–Crippen LogP) is 1.57. The van der Waals surface area contributed by atoms with Gasteiger partial charge in [0.15, 0.2) is 6.29 Å². The molecule has 3 nitrogen and oxygen atoms in total. The molecule has 0 aliphatic carbocycles. The maximum absolute atomic E-state index is 8.11. The first-order valence-electron chi connectivity index (χ1n) is 3.84. The first-order chi connectivity index (χ1) is 5.18. The minimum Gasteiger partial charge on any atom is -0.516 e. The molecule has 0 spiro atoms. The third-order valence-corrected chi connectivity index (χ3v) is 0.888. The van der Waals surface area contributed by atoms with Gasteiger partial charge >= 0.3 is 0 Å². The highest BCUT2D eigenvalue weighted by Crippen LogP contribution is 1.88. The van der Waals surface area contributed by atoms with Crippen molar-refractivity contribution in [2.24, 2.45) is 0 Å². The van der Waals surface area contributed by atoms with Crippen molar-refractivity contribution in [1.82, 2.24) is 0 Å². The molecule has 11 heavy (non-hydrogen) atoms. The summed E-state index contributed by atoms with van der Waals surface area (Å²) in [7, 11) is 0. The zero-order valence-corrected chi connectivity index (χ0v) is 7.20. The Labute approximate surface area is 68.0 Å². The highest BCUT2D eigenvalue weighted by molar-refractivity contribution is 4.66. The van der Waals surface area contributed by atoms with E-state index in [0.717, 1.165) is 19.1 Å². The van der Waals surface area contributed by atoms with Crippen molar-refractivity contribution < 1.29 is 15.3 Å². The summed E-state index contributed by atoms with van der Waals surface area (Å²) in [6.07, 6.45) is 3.86. The van der Waals surface area contributed by atoms with Crippen LogP contribution in [0.1, 0.15) is 33.1 Å². The van der Waals surface area contributed by atoms with Crippen LogP contribution in [0.25, 0.3) is 0 Å². The summed E-state index contributed by atoms with van der Waals surface area (Å²) in [4.78, 5) is 0. The van der Waals surface area contributed by atoms with E-state index >= 15 is 0 Å². The minimum absolute atomic E-state index is 0.486. The van der Waals surface area contributed by atoms with E-state index in [4.69, 9.17) is 15.3 Å². The number of hydrogen-bond acceptors (Lipinski definition) is 3. The smallest absolute Gasteiger partial charge is 0.151 e. The van der Waals surface area contributed by atoms with Gasteiger partial charge in [0.25, 0.3) is 0 Å². The van der Waals surface area contributed by atoms with Gasteiger partial charge in [-0.05, 0) is 12.8 Å². The van der Waals surface area contributed by atoms with Gasteiger partial charge in [0.05, 0.1) is 6.26 Å². The summed E-state index contributed by atoms with van der Waals surface area (Å²) in [5.74, 6) is 0. The number of rotatable bonds is 3. The second-order valence-electron chi connectivity index (χ2n) is 2.06. The van der Waals surface area contributed by atoms with E-state index in [0.29, 0.717) is 6.42 Å². The molecule has 0 saturated heterocycles. The first-order valence-corrected chi connectivity index (χ1v) is 3.84. The fraction of sp³-hybridized carbons (Fsp3) is 0.750. The molecule has 3 N–H and O–H groups in total. The van der Waals surface area contributed by atoms with Gasteiger partial charge in [0.1, 0.15) is 0 Å². The van der Waals surface area contributed by atoms with Gasteiger partial charge in [-0.1, -0.05) is 26.3 Å². The molecule has 0 aromatic rings. The van der Waals surface area contributed by atoms with Gasteiger partial charge in [0, 0.05) is 0 Å². The Morgan fingerprint density at radius 1 is 1.27 bits per heavy atom. The highest BCUT2D eigenvalue weighted by Gasteiger charge is 1.89. The quantitative estimate of drug-likeness (QED) is 0.436. The van der Waals surface area contributed by atoms with Crippen LogP contribution in [-0.4, -0.2) is 21.6 Å². The average Bonchev–Trinajstić information content (AvgIpc) is 1.90. The van der Waals surface area contributed by atoms with Crippen LogP contribution < -0.4 is 0 Å². The number of hydrogen-bond donors (Lipinski definition) is 3. The maximum Gasteiger partial charge on any atom is 0.151 e. The minimum atomic E-state index is -1.10. The van der Waals surface area contributed by atoms with Crippen LogP contribution in [0.15, 0.2) is 12.3 Å². The van der Waals surface area contributed by atoms with Gasteiger partial charge in [-0.15, -0.1) is 0 Å². The van der Waals surface area contributed by atoms with Crippen molar-refractivity contribution in [3.05, 3.63) is 12.3 Å². The van der Waals surface area contributed by atoms with Crippen LogP contribution >= 0.6 is 0 Å². The third kappa shape index (κ3) is 26.5. The zero-order chi connectivity index (χ0) is 9.11. The molecule has 68 valence electrons. The molecule has 0 unspecified atom stereocenters. The van der Waals surface area contributed by atoms with Crippen LogP contribution in [0.3, 0.4) is 0 Å². The summed E-state index contributed by atoms with van der Waals surface area (Å²) >= 11 is 0. The molecular weight excluding hydrogens is 144 g/mol. The Balaban J connectivity index is 0. The van der Waals surface area contributed by atoms with Crippen LogP contribution in [0, 0.1) is 0 Å². The molecular formula is C8H18O3. The van der Waals surface area contributed by atoms with E-state index in [2.05, 4.69) is 0 Å². The summed E-state index contributed by atoms with van der Waals surface area (Å²) in [5.41, 5.74) is 0. The number of aliphatic hydroxyl groups excluding tert-OH is 2. The lowest BCUT2D eigenvalue weighted by Gasteiger charge is -1.94. The second kappa shape index (κ2) is 12.2. The predicted molar refractivity (Wildman–Crippen MR) is 45.2 cm³/mol. The van der Waals surface area contributed by atoms with E-state index < -0.39 is 6.29 Å². The summed E-state index contributed by atoms with van der Waals surface area (Å²) in [6.45, 7) is 3.87. The van der Waals surface area contributed by atoms with E-state index in [1.54, 1.807) is 6.08 Å². The molecule has 0 aromatic heterocycles. The van der Waals surface area contributed by atoms with Gasteiger partial charge in [-0.3, -0.25) is 0 Å². The van der Waals surface area contributed by atoms with Crippen molar-refractivity contribution >= 4 is 0 Å². The van der Waals surface area contributed by atoms with Gasteiger partial charge in [-0.25, -0.2) is 0 Å². The van der Waals surface area contributed by atoms with Gasteiger partial charge in [0.2, 0.25) is 0 Å². The molecule has 0 rings (SSSR count). The Hall–Kier alpha value is -0.540. The number of allylic oxidation sites excluding steroid dienone is 1. The molecule has 0 aromatic carbocycles. The van der Waals surface area contributed by atoms with Crippen LogP contribution in [-0.2, 0) is 0 Å². The number of aliphatic hydroxyl groups is 3. The molecule has 0 saturated carbocycles. The van der Waals surface area contributed by atoms with Crippen molar-refractivity contribution in [1.29, 1.82) is 0 Å². The normalized spacial score (nSPS) is 9.91. The SMILES string of the molecule is CCC=CO.CCCC(O)O. The standard InChI is InChI=1S/C4H10O2.C4H8O/c1-2-3-4(5)6;1-2-3-4-5/h4-6H,2-3H2,1H3;3-5H,2H2,1H3. The van der Waals surface area contributed by atoms with E-state index in [-0.39, 0.29) is 0 Å². The molecule has 0 radical (unpaired) electrons. The van der Waals surface area contributed by atoms with Gasteiger partial charge < -0.3 is 15.3 Å². The summed E-state index contributed by atoms with van der Waals surface area (Å²) in [6, 6.07) is 0. The van der Waals surface area contributed by atoms with Crippen molar-refractivity contribution in [3.63, 3.8) is 0 Å². The average molecular weight is 162 g/mol. The lowest BCUT2D eigenvalue weighted by Crippen LogP contribution is -2.01. The molecule has 0 aliphatic rings. The van der Waals surface area contributed by atoms with Crippen LogP contribution in [0.2, 0.25) is 0 Å². The lowest BCUT2D eigenvalue weighted by atomic mass is 10.3. The van der Waals surface area contributed by atoms with E-state index in [1.807, 2.05) is 13.8 Å². The molecule has 0 atom stereocenters. The highest BCUT2D eigenvalue weighted by atomic mass is 16.5. The molecule has 0 fully saturated rings. The van der Waals surface area contributed by atoms with E-state index in [9.17, 15) is 0 Å². The van der Waals surface area contributed by atoms with Crippen molar-refractivity contribution in [2.75, 3.05) is 0 Å². The Bertz CT molecular complexity index is 79.4. The zero-order valence-electron chi connectivity index (χ0n) is 7.20. The summed E-state index contributed by atoms with van der Waals surface area (Å²) < 4.78 is 0. The first kappa shape index (κ1) is 13.1. The molecule has 0 amide bonds. The Kier molecular flexibility index (Phi) is 14.5. The van der Waals surface area contributed by atoms with Crippen LogP contribution in [0.5, 0.6) is 0 Å². The fourth-order valence-electron chi connectivity index (χ4n) is 0.364. The Morgan fingerprint density at radius 2 is 1.82 bits per heavy atom. The maximum atomic E-state index is 8.11. The fourth-order valence-corrected chi connectivity index (χ4v) is 0.364. The molecule has 0 aliphatic heterocycles. The van der Waals surface area contributed by atoms with Crippen molar-refractivity contribution in [3.8, 4) is 0 Å². The largest absolute Gasteiger partial charge is 0.516 e. The summed E-state index contributed by atoms with van der Waals surface area (Å²) in [5, 5.41) is 24.1. The van der Waals surface area contributed by atoms with Crippen molar-refractivity contribution in [2.45, 2.75) is 39.4 Å². The van der Waals surface area contributed by atoms with E-state index in [1.165, 1.54) is 0 Å². The second-order valence-corrected chi connectivity index (χ2v) is 2.06. The lowest BCUT2D eigenvalue weighted by molar-refractivity contribution is -0.0453. The molecule has 3 heteroatoms. The van der Waals surface area contributed by atoms with Gasteiger partial charge in [-0.2, -0.15) is 0 Å². The van der Waals surface area contributed by atoms with Crippen LogP contribution in [0.4, 0.5) is 0 Å². The topological polar surface area (TPSA) is 60.7 Å². The molecule has 0 heterocycles. The molecule has 0 bridgehead atoms. The third-order valence-electron chi connectivity index (χ3n) is 0.888. The monoisotopic (exact) mass is 162 g/mol. The Morgan fingerprint density at radius 3 is 1.82 bits per heavy atom.